The van der Waals surface area contributed by atoms with Crippen LogP contribution >= 0.6 is 11.8 Å². The van der Waals surface area contributed by atoms with Gasteiger partial charge in [0.05, 0.1) is 10.1 Å². The highest BCUT2D eigenvalue weighted by Gasteiger charge is 2.52. The third-order valence-corrected chi connectivity index (χ3v) is 7.24. The molecule has 1 aliphatic carbocycles. The zero-order valence-electron chi connectivity index (χ0n) is 15.1. The fourth-order valence-electron chi connectivity index (χ4n) is 4.15. The second-order valence-corrected chi connectivity index (χ2v) is 10.1. The molecule has 0 aromatic heterocycles. The van der Waals surface area contributed by atoms with E-state index in [0.717, 1.165) is 24.4 Å². The van der Waals surface area contributed by atoms with Gasteiger partial charge in [-0.2, -0.15) is 0 Å². The van der Waals surface area contributed by atoms with Gasteiger partial charge in [0.1, 0.15) is 0 Å². The number of aryl methyl sites for hydroxylation is 1. The van der Waals surface area contributed by atoms with Crippen LogP contribution in [0.5, 0.6) is 0 Å². The van der Waals surface area contributed by atoms with Gasteiger partial charge >= 0.3 is 0 Å². The first kappa shape index (κ1) is 16.9. The van der Waals surface area contributed by atoms with Gasteiger partial charge in [-0.15, -0.1) is 11.8 Å². The van der Waals surface area contributed by atoms with Crippen molar-refractivity contribution in [3.05, 3.63) is 29.8 Å². The van der Waals surface area contributed by atoms with Crippen LogP contribution in [0, 0.1) is 18.3 Å². The van der Waals surface area contributed by atoms with Crippen molar-refractivity contribution in [3.8, 4) is 0 Å². The van der Waals surface area contributed by atoms with Crippen molar-refractivity contribution in [3.63, 3.8) is 0 Å². The molecule has 1 saturated heterocycles. The first-order chi connectivity index (χ1) is 10.7. The minimum absolute atomic E-state index is 0.0203. The molecule has 3 heteroatoms. The molecule has 3 rings (SSSR count). The van der Waals surface area contributed by atoms with Crippen LogP contribution in [0.15, 0.2) is 24.3 Å². The predicted molar refractivity (Wildman–Crippen MR) is 99.9 cm³/mol. The van der Waals surface area contributed by atoms with E-state index in [9.17, 15) is 4.79 Å². The third-order valence-electron chi connectivity index (χ3n) is 5.66. The summed E-state index contributed by atoms with van der Waals surface area (Å²) in [5.74, 6) is 1.05. The van der Waals surface area contributed by atoms with Crippen LogP contribution in [-0.2, 0) is 4.79 Å². The molecule has 2 nitrogen and oxygen atoms in total. The third kappa shape index (κ3) is 3.05. The number of hydrogen-bond acceptors (Lipinski definition) is 2. The van der Waals surface area contributed by atoms with Crippen molar-refractivity contribution in [1.29, 1.82) is 0 Å². The molecule has 1 heterocycles. The van der Waals surface area contributed by atoms with Gasteiger partial charge in [0, 0.05) is 5.69 Å². The van der Waals surface area contributed by atoms with Gasteiger partial charge in [-0.05, 0) is 63.0 Å². The van der Waals surface area contributed by atoms with Gasteiger partial charge in [0.2, 0.25) is 5.91 Å². The lowest BCUT2D eigenvalue weighted by Gasteiger charge is -2.45. The summed E-state index contributed by atoms with van der Waals surface area (Å²) >= 11 is 1.89. The maximum absolute atomic E-state index is 12.8. The van der Waals surface area contributed by atoms with E-state index in [1.807, 2.05) is 11.8 Å². The molecule has 1 spiro atoms. The first-order valence-corrected chi connectivity index (χ1v) is 9.69. The number of carbonyl (C=O) groups is 1. The Balaban J connectivity index is 1.88. The lowest BCUT2D eigenvalue weighted by Crippen LogP contribution is -2.48. The quantitative estimate of drug-likeness (QED) is 0.687. The molecule has 1 aromatic carbocycles. The van der Waals surface area contributed by atoms with E-state index in [0.29, 0.717) is 5.41 Å². The fraction of sp³-hybridized carbons (Fsp3) is 0.650. The molecule has 126 valence electrons. The Morgan fingerprint density at radius 2 is 1.70 bits per heavy atom. The lowest BCUT2D eigenvalue weighted by atomic mass is 9.71. The normalized spacial score (nSPS) is 31.9. The van der Waals surface area contributed by atoms with Gasteiger partial charge in [-0.25, -0.2) is 0 Å². The van der Waals surface area contributed by atoms with Crippen molar-refractivity contribution < 1.29 is 4.79 Å². The van der Waals surface area contributed by atoms with Crippen LogP contribution in [0.25, 0.3) is 0 Å². The van der Waals surface area contributed by atoms with Crippen molar-refractivity contribution in [2.75, 3.05) is 4.90 Å². The second-order valence-electron chi connectivity index (χ2n) is 8.36. The Morgan fingerprint density at radius 3 is 2.22 bits per heavy atom. The highest BCUT2D eigenvalue weighted by Crippen LogP contribution is 2.54. The average molecular weight is 332 g/mol. The summed E-state index contributed by atoms with van der Waals surface area (Å²) in [6.45, 7) is 11.2. The zero-order valence-corrected chi connectivity index (χ0v) is 15.9. The highest BCUT2D eigenvalue weighted by molar-refractivity contribution is 8.02. The molecular weight excluding hydrogens is 302 g/mol. The van der Waals surface area contributed by atoms with E-state index < -0.39 is 0 Å². The number of hydrogen-bond donors (Lipinski definition) is 0. The summed E-state index contributed by atoms with van der Waals surface area (Å²) in [7, 11) is 0. The molecule has 2 aliphatic rings. The molecule has 1 aliphatic heterocycles. The summed E-state index contributed by atoms with van der Waals surface area (Å²) in [6.07, 6.45) is 4.67. The van der Waals surface area contributed by atoms with Gasteiger partial charge in [-0.1, -0.05) is 38.5 Å². The summed E-state index contributed by atoms with van der Waals surface area (Å²) in [5.41, 5.74) is 2.69. The van der Waals surface area contributed by atoms with Crippen LogP contribution in [-0.4, -0.2) is 16.0 Å². The number of benzene rings is 1. The molecule has 0 bridgehead atoms. The topological polar surface area (TPSA) is 20.3 Å². The smallest absolute Gasteiger partial charge is 0.241 e. The molecule has 1 aromatic rings. The van der Waals surface area contributed by atoms with Gasteiger partial charge in [0.25, 0.3) is 0 Å². The lowest BCUT2D eigenvalue weighted by molar-refractivity contribution is -0.118. The van der Waals surface area contributed by atoms with Gasteiger partial charge in [0.15, 0.2) is 0 Å². The van der Waals surface area contributed by atoms with Crippen molar-refractivity contribution >= 4 is 23.4 Å². The summed E-state index contributed by atoms with van der Waals surface area (Å²) < 4.78 is 0. The Morgan fingerprint density at radius 1 is 1.13 bits per heavy atom. The summed E-state index contributed by atoms with van der Waals surface area (Å²) in [4.78, 5) is 15.0. The molecule has 1 atom stereocenters. The highest BCUT2D eigenvalue weighted by atomic mass is 32.2. The van der Waals surface area contributed by atoms with E-state index in [4.69, 9.17) is 0 Å². The average Bonchev–Trinajstić information content (AvgIpc) is 2.71. The fourth-order valence-corrected chi connectivity index (χ4v) is 5.78. The maximum Gasteiger partial charge on any atom is 0.241 e. The Hall–Kier alpha value is -0.960. The number of nitrogens with zero attached hydrogens (tertiary/aromatic N) is 1. The largest absolute Gasteiger partial charge is 0.296 e. The molecule has 1 unspecified atom stereocenters. The number of anilines is 1. The minimum Gasteiger partial charge on any atom is -0.296 e. The predicted octanol–water partition coefficient (Wildman–Crippen LogP) is 5.40. The molecule has 23 heavy (non-hydrogen) atoms. The SMILES string of the molecule is Cc1ccc(N2C(=O)C(C)SC23CCC(C(C)(C)C)CC3)cc1. The number of thioether (sulfide) groups is 1. The van der Waals surface area contributed by atoms with E-state index in [-0.39, 0.29) is 16.0 Å². The Bertz CT molecular complexity index is 579. The van der Waals surface area contributed by atoms with E-state index >= 15 is 0 Å². The monoisotopic (exact) mass is 331 g/mol. The molecule has 0 N–H and O–H groups in total. The first-order valence-electron chi connectivity index (χ1n) is 8.81. The zero-order chi connectivity index (χ0) is 16.8. The van der Waals surface area contributed by atoms with Crippen LogP contribution in [0.2, 0.25) is 0 Å². The summed E-state index contributed by atoms with van der Waals surface area (Å²) in [5, 5.41) is 0.0717. The molecule has 1 saturated carbocycles. The molecule has 1 amide bonds. The van der Waals surface area contributed by atoms with E-state index in [2.05, 4.69) is 63.8 Å². The van der Waals surface area contributed by atoms with Crippen LogP contribution in [0.4, 0.5) is 5.69 Å². The molecule has 0 radical (unpaired) electrons. The van der Waals surface area contributed by atoms with E-state index in [1.165, 1.54) is 18.4 Å². The van der Waals surface area contributed by atoms with Crippen molar-refractivity contribution in [1.82, 2.24) is 0 Å². The number of carbonyl (C=O) groups excluding carboxylic acids is 1. The summed E-state index contributed by atoms with van der Waals surface area (Å²) in [6, 6.07) is 8.46. The van der Waals surface area contributed by atoms with E-state index in [1.54, 1.807) is 0 Å². The maximum atomic E-state index is 12.8. The van der Waals surface area contributed by atoms with Crippen molar-refractivity contribution in [2.24, 2.45) is 11.3 Å². The van der Waals surface area contributed by atoms with Crippen LogP contribution in [0.3, 0.4) is 0 Å². The van der Waals surface area contributed by atoms with Crippen molar-refractivity contribution in [2.45, 2.75) is 70.4 Å². The molecule has 2 fully saturated rings. The second kappa shape index (κ2) is 5.84. The van der Waals surface area contributed by atoms with Crippen LogP contribution in [0.1, 0.15) is 58.9 Å². The standard InChI is InChI=1S/C20H29NOS/c1-14-6-8-17(9-7-14)21-18(22)15(2)23-20(21)12-10-16(11-13-20)19(3,4)5/h6-9,15-16H,10-13H2,1-5H3. The number of amides is 1. The minimum atomic E-state index is -0.0203. The Labute approximate surface area is 145 Å². The molecular formula is C20H29NOS. The van der Waals surface area contributed by atoms with Gasteiger partial charge < -0.3 is 0 Å². The Kier molecular flexibility index (Phi) is 4.29. The van der Waals surface area contributed by atoms with Crippen LogP contribution < -0.4 is 4.90 Å². The van der Waals surface area contributed by atoms with Gasteiger partial charge in [-0.3, -0.25) is 9.69 Å². The number of rotatable bonds is 1.